The van der Waals surface area contributed by atoms with E-state index in [0.29, 0.717) is 11.5 Å². The molecular weight excluding hydrogens is 186 g/mol. The summed E-state index contributed by atoms with van der Waals surface area (Å²) in [4.78, 5) is 0. The van der Waals surface area contributed by atoms with Gasteiger partial charge >= 0.3 is 0 Å². The van der Waals surface area contributed by atoms with Crippen molar-refractivity contribution in [2.24, 2.45) is 5.73 Å². The van der Waals surface area contributed by atoms with Gasteiger partial charge in [-0.25, -0.2) is 0 Å². The third kappa shape index (κ3) is 1.52. The van der Waals surface area contributed by atoms with Crippen molar-refractivity contribution in [1.82, 2.24) is 10.2 Å². The standard InChI is InChI=1S/C8H9N3O3/c9-3-6(12)8-11-10-7(14-8)5-1-2-13-4-5/h1-2,4,6,12H,3,9H2/t6-/m0/s1. The van der Waals surface area contributed by atoms with Crippen molar-refractivity contribution >= 4 is 0 Å². The molecule has 0 amide bonds. The third-order valence-corrected chi connectivity index (χ3v) is 1.72. The normalized spacial score (nSPS) is 13.0. The highest BCUT2D eigenvalue weighted by molar-refractivity contribution is 5.49. The van der Waals surface area contributed by atoms with Gasteiger partial charge in [-0.3, -0.25) is 0 Å². The van der Waals surface area contributed by atoms with Crippen molar-refractivity contribution in [3.8, 4) is 11.5 Å². The first kappa shape index (κ1) is 8.92. The Morgan fingerprint density at radius 3 is 3.00 bits per heavy atom. The summed E-state index contributed by atoms with van der Waals surface area (Å²) in [6.45, 7) is 0.0486. The van der Waals surface area contributed by atoms with Crippen molar-refractivity contribution in [2.75, 3.05) is 6.54 Å². The fraction of sp³-hybridized carbons (Fsp3) is 0.250. The van der Waals surface area contributed by atoms with E-state index in [4.69, 9.17) is 14.6 Å². The first-order valence-corrected chi connectivity index (χ1v) is 4.05. The Morgan fingerprint density at radius 2 is 2.36 bits per heavy atom. The SMILES string of the molecule is NC[C@H](O)c1nnc(-c2ccoc2)o1. The Bertz CT molecular complexity index is 396. The Hall–Kier alpha value is -1.66. The minimum atomic E-state index is -0.914. The molecular formula is C8H9N3O3. The number of nitrogens with two attached hydrogens (primary N) is 1. The molecule has 0 aromatic carbocycles. The van der Waals surface area contributed by atoms with Gasteiger partial charge in [0, 0.05) is 6.54 Å². The van der Waals surface area contributed by atoms with Crippen LogP contribution in [0.3, 0.4) is 0 Å². The molecule has 0 saturated heterocycles. The van der Waals surface area contributed by atoms with Crippen LogP contribution in [-0.4, -0.2) is 21.8 Å². The van der Waals surface area contributed by atoms with E-state index in [1.54, 1.807) is 6.07 Å². The molecule has 14 heavy (non-hydrogen) atoms. The quantitative estimate of drug-likeness (QED) is 0.731. The van der Waals surface area contributed by atoms with Gasteiger partial charge in [0.2, 0.25) is 5.89 Å². The monoisotopic (exact) mass is 195 g/mol. The average Bonchev–Trinajstić information content (AvgIpc) is 2.86. The van der Waals surface area contributed by atoms with Crippen LogP contribution < -0.4 is 5.73 Å². The van der Waals surface area contributed by atoms with E-state index in [9.17, 15) is 5.11 Å². The van der Waals surface area contributed by atoms with Gasteiger partial charge in [-0.2, -0.15) is 0 Å². The maximum absolute atomic E-state index is 9.30. The van der Waals surface area contributed by atoms with Gasteiger partial charge < -0.3 is 19.7 Å². The molecule has 74 valence electrons. The molecule has 0 fully saturated rings. The van der Waals surface area contributed by atoms with E-state index in [0.717, 1.165) is 0 Å². The number of hydrogen-bond donors (Lipinski definition) is 2. The maximum atomic E-state index is 9.30. The summed E-state index contributed by atoms with van der Waals surface area (Å²) in [7, 11) is 0. The molecule has 0 bridgehead atoms. The zero-order valence-electron chi connectivity index (χ0n) is 7.25. The Kier molecular flexibility index (Phi) is 2.30. The molecule has 0 aliphatic heterocycles. The molecule has 0 saturated carbocycles. The van der Waals surface area contributed by atoms with Crippen molar-refractivity contribution < 1.29 is 13.9 Å². The lowest BCUT2D eigenvalue weighted by atomic mass is 10.3. The Balaban J connectivity index is 2.26. The maximum Gasteiger partial charge on any atom is 0.251 e. The van der Waals surface area contributed by atoms with Crippen LogP contribution in [0.5, 0.6) is 0 Å². The predicted octanol–water partition coefficient (Wildman–Crippen LogP) is 0.322. The summed E-state index contributed by atoms with van der Waals surface area (Å²) < 4.78 is 10.0. The van der Waals surface area contributed by atoms with Gasteiger partial charge in [-0.05, 0) is 6.07 Å². The molecule has 1 atom stereocenters. The van der Waals surface area contributed by atoms with E-state index in [1.807, 2.05) is 0 Å². The summed E-state index contributed by atoms with van der Waals surface area (Å²) in [5.41, 5.74) is 5.91. The first-order valence-electron chi connectivity index (χ1n) is 4.05. The summed E-state index contributed by atoms with van der Waals surface area (Å²) in [5, 5.41) is 16.7. The molecule has 6 nitrogen and oxygen atoms in total. The van der Waals surface area contributed by atoms with Crippen molar-refractivity contribution in [1.29, 1.82) is 0 Å². The fourth-order valence-corrected chi connectivity index (χ4v) is 0.973. The van der Waals surface area contributed by atoms with Gasteiger partial charge in [0.05, 0.1) is 11.8 Å². The van der Waals surface area contributed by atoms with Crippen molar-refractivity contribution in [3.05, 3.63) is 24.5 Å². The molecule has 0 unspecified atom stereocenters. The van der Waals surface area contributed by atoms with Crippen LogP contribution in [0.15, 0.2) is 27.4 Å². The highest BCUT2D eigenvalue weighted by Gasteiger charge is 2.15. The topological polar surface area (TPSA) is 98.3 Å². The molecule has 2 rings (SSSR count). The van der Waals surface area contributed by atoms with E-state index < -0.39 is 6.10 Å². The molecule has 0 aliphatic carbocycles. The second-order valence-corrected chi connectivity index (χ2v) is 2.71. The number of furan rings is 1. The number of nitrogens with zero attached hydrogens (tertiary/aromatic N) is 2. The number of hydrogen-bond acceptors (Lipinski definition) is 6. The van der Waals surface area contributed by atoms with Crippen LogP contribution in [0.2, 0.25) is 0 Å². The average molecular weight is 195 g/mol. The number of aromatic nitrogens is 2. The van der Waals surface area contributed by atoms with Crippen LogP contribution in [-0.2, 0) is 0 Å². The van der Waals surface area contributed by atoms with Gasteiger partial charge in [-0.1, -0.05) is 0 Å². The van der Waals surface area contributed by atoms with Crippen LogP contribution in [0.1, 0.15) is 12.0 Å². The van der Waals surface area contributed by atoms with E-state index in [1.165, 1.54) is 12.5 Å². The largest absolute Gasteiger partial charge is 0.472 e. The Labute approximate surface area is 79.3 Å². The smallest absolute Gasteiger partial charge is 0.251 e. The van der Waals surface area contributed by atoms with Crippen LogP contribution in [0.4, 0.5) is 0 Å². The lowest BCUT2D eigenvalue weighted by Crippen LogP contribution is -2.11. The zero-order valence-corrected chi connectivity index (χ0v) is 7.25. The van der Waals surface area contributed by atoms with Gasteiger partial charge in [0.15, 0.2) is 0 Å². The minimum absolute atomic E-state index is 0.0486. The first-order chi connectivity index (χ1) is 6.81. The van der Waals surface area contributed by atoms with Crippen LogP contribution >= 0.6 is 0 Å². The van der Waals surface area contributed by atoms with Gasteiger partial charge in [-0.15, -0.1) is 10.2 Å². The summed E-state index contributed by atoms with van der Waals surface area (Å²) in [6.07, 6.45) is 2.06. The van der Waals surface area contributed by atoms with Gasteiger partial charge in [0.25, 0.3) is 5.89 Å². The van der Waals surface area contributed by atoms with Crippen LogP contribution in [0.25, 0.3) is 11.5 Å². The molecule has 2 aromatic heterocycles. The van der Waals surface area contributed by atoms with E-state index >= 15 is 0 Å². The molecule has 6 heteroatoms. The minimum Gasteiger partial charge on any atom is -0.472 e. The van der Waals surface area contributed by atoms with Gasteiger partial charge in [0.1, 0.15) is 12.4 Å². The van der Waals surface area contributed by atoms with Crippen molar-refractivity contribution in [3.63, 3.8) is 0 Å². The fourth-order valence-electron chi connectivity index (χ4n) is 0.973. The van der Waals surface area contributed by atoms with Crippen LogP contribution in [0, 0.1) is 0 Å². The molecule has 2 aromatic rings. The molecule has 2 heterocycles. The summed E-state index contributed by atoms with van der Waals surface area (Å²) in [5.74, 6) is 0.421. The highest BCUT2D eigenvalue weighted by Crippen LogP contribution is 2.20. The predicted molar refractivity (Wildman–Crippen MR) is 46.0 cm³/mol. The molecule has 0 spiro atoms. The lowest BCUT2D eigenvalue weighted by molar-refractivity contribution is 0.152. The third-order valence-electron chi connectivity index (χ3n) is 1.72. The second kappa shape index (κ2) is 3.60. The summed E-state index contributed by atoms with van der Waals surface area (Å²) in [6, 6.07) is 1.69. The van der Waals surface area contributed by atoms with E-state index in [2.05, 4.69) is 10.2 Å². The Morgan fingerprint density at radius 1 is 1.50 bits per heavy atom. The van der Waals surface area contributed by atoms with E-state index in [-0.39, 0.29) is 12.4 Å². The molecule has 0 radical (unpaired) electrons. The highest BCUT2D eigenvalue weighted by atomic mass is 16.4. The summed E-state index contributed by atoms with van der Waals surface area (Å²) >= 11 is 0. The number of rotatable bonds is 3. The van der Waals surface area contributed by atoms with Crippen molar-refractivity contribution in [2.45, 2.75) is 6.10 Å². The number of aliphatic hydroxyl groups is 1. The molecule has 3 N–H and O–H groups in total. The second-order valence-electron chi connectivity index (χ2n) is 2.71. The molecule has 0 aliphatic rings. The lowest BCUT2D eigenvalue weighted by Gasteiger charge is -1.98. The number of aliphatic hydroxyl groups excluding tert-OH is 1. The zero-order chi connectivity index (χ0) is 9.97.